The van der Waals surface area contributed by atoms with Crippen LogP contribution in [0.3, 0.4) is 0 Å². The molecule has 2 atom stereocenters. The van der Waals surface area contributed by atoms with Crippen LogP contribution in [-0.2, 0) is 26.0 Å². The van der Waals surface area contributed by atoms with E-state index in [0.29, 0.717) is 23.7 Å². The SMILES string of the molecule is C=CCS(=O)(=O)NC(=O)c1cc2ccccc2n1C(=O)C(C)NC(CCc1ccccc1)C(=O)OCC. The lowest BCUT2D eigenvalue weighted by Gasteiger charge is -2.22. The van der Waals surface area contributed by atoms with Crippen molar-refractivity contribution < 1.29 is 27.5 Å². The van der Waals surface area contributed by atoms with Crippen LogP contribution >= 0.6 is 0 Å². The second-order valence-corrected chi connectivity index (χ2v) is 10.2. The third-order valence-corrected chi connectivity index (χ3v) is 6.88. The van der Waals surface area contributed by atoms with Crippen LogP contribution in [0.25, 0.3) is 10.9 Å². The number of nitrogens with one attached hydrogen (secondary N) is 2. The van der Waals surface area contributed by atoms with Gasteiger partial charge in [0.1, 0.15) is 11.7 Å². The van der Waals surface area contributed by atoms with Gasteiger partial charge in [0.2, 0.25) is 15.9 Å². The number of ether oxygens (including phenoxy) is 1. The highest BCUT2D eigenvalue weighted by atomic mass is 32.2. The number of carbonyl (C=O) groups excluding carboxylic acids is 3. The van der Waals surface area contributed by atoms with Crippen LogP contribution in [0.5, 0.6) is 0 Å². The fourth-order valence-corrected chi connectivity index (χ4v) is 4.76. The summed E-state index contributed by atoms with van der Waals surface area (Å²) in [5, 5.41) is 3.63. The van der Waals surface area contributed by atoms with E-state index in [-0.39, 0.29) is 12.3 Å². The molecule has 1 aromatic heterocycles. The lowest BCUT2D eigenvalue weighted by molar-refractivity contribution is -0.145. The van der Waals surface area contributed by atoms with Crippen molar-refractivity contribution in [1.82, 2.24) is 14.6 Å². The van der Waals surface area contributed by atoms with Gasteiger partial charge in [-0.15, -0.1) is 6.58 Å². The summed E-state index contributed by atoms with van der Waals surface area (Å²) in [6.45, 7) is 6.87. The first kappa shape index (κ1) is 27.8. The Labute approximate surface area is 216 Å². The van der Waals surface area contributed by atoms with Crippen LogP contribution in [0, 0.1) is 0 Å². The minimum atomic E-state index is -3.97. The number of hydrogen-bond acceptors (Lipinski definition) is 7. The normalized spacial score (nSPS) is 13.0. The zero-order valence-corrected chi connectivity index (χ0v) is 21.7. The van der Waals surface area contributed by atoms with Gasteiger partial charge in [-0.05, 0) is 44.4 Å². The number of aryl methyl sites for hydroxylation is 1. The molecule has 196 valence electrons. The molecule has 37 heavy (non-hydrogen) atoms. The molecule has 3 rings (SSSR count). The molecule has 10 heteroatoms. The highest BCUT2D eigenvalue weighted by molar-refractivity contribution is 7.90. The summed E-state index contributed by atoms with van der Waals surface area (Å²) < 4.78 is 32.7. The summed E-state index contributed by atoms with van der Waals surface area (Å²) in [5.41, 5.74) is 1.34. The van der Waals surface area contributed by atoms with Gasteiger partial charge in [0.15, 0.2) is 0 Å². The van der Waals surface area contributed by atoms with Gasteiger partial charge in [-0.3, -0.25) is 24.3 Å². The van der Waals surface area contributed by atoms with Gasteiger partial charge in [-0.2, -0.15) is 0 Å². The number of para-hydroxylation sites is 1. The fourth-order valence-electron chi connectivity index (χ4n) is 3.98. The zero-order valence-electron chi connectivity index (χ0n) is 20.8. The number of fused-ring (bicyclic) bond motifs is 1. The quantitative estimate of drug-likeness (QED) is 0.275. The first-order valence-electron chi connectivity index (χ1n) is 11.9. The monoisotopic (exact) mass is 525 g/mol. The van der Waals surface area contributed by atoms with Gasteiger partial charge >= 0.3 is 5.97 Å². The molecule has 1 amide bonds. The second-order valence-electron chi connectivity index (χ2n) is 8.48. The summed E-state index contributed by atoms with van der Waals surface area (Å²) in [6.07, 6.45) is 2.13. The molecule has 0 fully saturated rings. The molecule has 0 saturated carbocycles. The third-order valence-electron chi connectivity index (χ3n) is 5.71. The van der Waals surface area contributed by atoms with Crippen molar-refractivity contribution in [3.8, 4) is 0 Å². The van der Waals surface area contributed by atoms with Gasteiger partial charge in [0.25, 0.3) is 5.91 Å². The minimum Gasteiger partial charge on any atom is -0.465 e. The number of sulfonamides is 1. The molecule has 9 nitrogen and oxygen atoms in total. The second kappa shape index (κ2) is 12.5. The van der Waals surface area contributed by atoms with Crippen molar-refractivity contribution in [2.75, 3.05) is 12.4 Å². The molecular weight excluding hydrogens is 494 g/mol. The Morgan fingerprint density at radius 3 is 2.43 bits per heavy atom. The highest BCUT2D eigenvalue weighted by Crippen LogP contribution is 2.21. The molecule has 2 unspecified atom stereocenters. The van der Waals surface area contributed by atoms with E-state index in [9.17, 15) is 22.8 Å². The lowest BCUT2D eigenvalue weighted by Crippen LogP contribution is -2.48. The van der Waals surface area contributed by atoms with Gasteiger partial charge in [0.05, 0.1) is 23.9 Å². The number of benzene rings is 2. The van der Waals surface area contributed by atoms with E-state index in [4.69, 9.17) is 4.74 Å². The maximum atomic E-state index is 13.6. The van der Waals surface area contributed by atoms with Crippen molar-refractivity contribution in [1.29, 1.82) is 0 Å². The van der Waals surface area contributed by atoms with Crippen LogP contribution in [-0.4, -0.2) is 55.2 Å². The number of amides is 1. The smallest absolute Gasteiger partial charge is 0.323 e. The average molecular weight is 526 g/mol. The van der Waals surface area contributed by atoms with Gasteiger partial charge in [-0.1, -0.05) is 54.6 Å². The van der Waals surface area contributed by atoms with Crippen LogP contribution < -0.4 is 10.0 Å². The largest absolute Gasteiger partial charge is 0.465 e. The fraction of sp³-hybridized carbons (Fsp3) is 0.296. The average Bonchev–Trinajstić information content (AvgIpc) is 3.26. The lowest BCUT2D eigenvalue weighted by atomic mass is 10.0. The van der Waals surface area contributed by atoms with Crippen LogP contribution in [0.4, 0.5) is 0 Å². The summed E-state index contributed by atoms with van der Waals surface area (Å²) in [6, 6.07) is 16.2. The first-order chi connectivity index (χ1) is 17.7. The summed E-state index contributed by atoms with van der Waals surface area (Å²) in [4.78, 5) is 39.2. The molecule has 3 aromatic rings. The Morgan fingerprint density at radius 2 is 1.76 bits per heavy atom. The molecule has 0 saturated heterocycles. The molecule has 0 aliphatic carbocycles. The van der Waals surface area contributed by atoms with Gasteiger partial charge in [-0.25, -0.2) is 13.1 Å². The van der Waals surface area contributed by atoms with E-state index in [1.807, 2.05) is 35.1 Å². The van der Waals surface area contributed by atoms with Crippen molar-refractivity contribution in [2.45, 2.75) is 38.8 Å². The third kappa shape index (κ3) is 7.14. The van der Waals surface area contributed by atoms with Crippen molar-refractivity contribution in [3.63, 3.8) is 0 Å². The number of esters is 1. The number of rotatable bonds is 12. The zero-order chi connectivity index (χ0) is 27.0. The Balaban J connectivity index is 1.89. The predicted octanol–water partition coefficient (Wildman–Crippen LogP) is 3.07. The van der Waals surface area contributed by atoms with Crippen molar-refractivity contribution in [2.24, 2.45) is 0 Å². The molecule has 0 bridgehead atoms. The molecule has 0 spiro atoms. The summed E-state index contributed by atoms with van der Waals surface area (Å²) >= 11 is 0. The van der Waals surface area contributed by atoms with Crippen molar-refractivity contribution >= 4 is 38.7 Å². The van der Waals surface area contributed by atoms with E-state index in [2.05, 4.69) is 11.9 Å². The number of nitrogens with zero attached hydrogens (tertiary/aromatic N) is 1. The van der Waals surface area contributed by atoms with E-state index >= 15 is 0 Å². The van der Waals surface area contributed by atoms with Crippen LogP contribution in [0.2, 0.25) is 0 Å². The predicted molar refractivity (Wildman–Crippen MR) is 142 cm³/mol. The van der Waals surface area contributed by atoms with Crippen LogP contribution in [0.1, 0.15) is 41.1 Å². The molecule has 0 aliphatic rings. The Morgan fingerprint density at radius 1 is 1.08 bits per heavy atom. The molecule has 0 radical (unpaired) electrons. The first-order valence-corrected chi connectivity index (χ1v) is 13.6. The minimum absolute atomic E-state index is 0.135. The van der Waals surface area contributed by atoms with Gasteiger partial charge in [0, 0.05) is 5.39 Å². The Kier molecular flexibility index (Phi) is 9.37. The number of aromatic nitrogens is 1. The van der Waals surface area contributed by atoms with Gasteiger partial charge < -0.3 is 4.74 Å². The maximum absolute atomic E-state index is 13.6. The molecular formula is C27H31N3O6S. The van der Waals surface area contributed by atoms with Crippen LogP contribution in [0.15, 0.2) is 73.3 Å². The summed E-state index contributed by atoms with van der Waals surface area (Å²) in [7, 11) is -3.97. The molecule has 1 heterocycles. The van der Waals surface area contributed by atoms with Crippen molar-refractivity contribution in [3.05, 3.63) is 84.6 Å². The Hall–Kier alpha value is -3.76. The standard InChI is InChI=1S/C27H31N3O6S/c1-4-17-37(34,35)29-25(31)24-18-21-13-9-10-14-23(21)30(24)26(32)19(3)28-22(27(33)36-5-2)16-15-20-11-7-6-8-12-20/h4,6-14,18-19,22,28H,1,5,15-17H2,2-3H3,(H,29,31). The summed E-state index contributed by atoms with van der Waals surface area (Å²) in [5.74, 6) is -2.40. The van der Waals surface area contributed by atoms with E-state index < -0.39 is 45.6 Å². The van der Waals surface area contributed by atoms with E-state index in [1.54, 1.807) is 38.1 Å². The van der Waals surface area contributed by atoms with E-state index in [1.165, 1.54) is 10.6 Å². The number of hydrogen-bond donors (Lipinski definition) is 2. The highest BCUT2D eigenvalue weighted by Gasteiger charge is 2.29. The number of carbonyl (C=O) groups is 3. The maximum Gasteiger partial charge on any atom is 0.323 e. The Bertz CT molecular complexity index is 1380. The molecule has 2 aromatic carbocycles. The topological polar surface area (TPSA) is 124 Å². The molecule has 0 aliphatic heterocycles. The molecule has 2 N–H and O–H groups in total. The van der Waals surface area contributed by atoms with E-state index in [0.717, 1.165) is 11.6 Å².